The highest BCUT2D eigenvalue weighted by Crippen LogP contribution is 2.66. The van der Waals surface area contributed by atoms with Crippen LogP contribution in [0.2, 0.25) is 0 Å². The monoisotopic (exact) mass is 640 g/mol. The molecule has 7 heteroatoms. The highest BCUT2D eigenvalue weighted by atomic mass is 16.5. The number of allylic oxidation sites excluding steroid dienone is 3. The van der Waals surface area contributed by atoms with E-state index in [0.717, 1.165) is 37.7 Å². The summed E-state index contributed by atoms with van der Waals surface area (Å²) >= 11 is 0. The number of carbonyl (C=O) groups is 3. The lowest BCUT2D eigenvalue weighted by atomic mass is 9.47. The predicted molar refractivity (Wildman–Crippen MR) is 184 cm³/mol. The van der Waals surface area contributed by atoms with E-state index in [0.29, 0.717) is 24.3 Å². The Kier molecular flexibility index (Phi) is 11.0. The summed E-state index contributed by atoms with van der Waals surface area (Å²) in [5, 5.41) is 9.16. The Morgan fingerprint density at radius 3 is 2.40 bits per heavy atom. The Hall–Kier alpha value is -3.74. The second-order valence-electron chi connectivity index (χ2n) is 14.1. The summed E-state index contributed by atoms with van der Waals surface area (Å²) < 4.78 is 5.96. The Morgan fingerprint density at radius 2 is 1.68 bits per heavy atom. The number of nitrogens with zero attached hydrogens (tertiary/aromatic N) is 2. The molecule has 0 radical (unpaired) electrons. The maximum atomic E-state index is 13.0. The van der Waals surface area contributed by atoms with Gasteiger partial charge in [-0.15, -0.1) is 0 Å². The highest BCUT2D eigenvalue weighted by molar-refractivity contribution is 5.82. The molecule has 0 spiro atoms. The van der Waals surface area contributed by atoms with Gasteiger partial charge in [-0.05, 0) is 89.9 Å². The number of hydrogen-bond donors (Lipinski definition) is 1. The number of hydrogen-bond acceptors (Lipinski definition) is 5. The van der Waals surface area contributed by atoms with Gasteiger partial charge < -0.3 is 14.7 Å². The van der Waals surface area contributed by atoms with Crippen LogP contribution in [0, 0.1) is 28.6 Å². The summed E-state index contributed by atoms with van der Waals surface area (Å²) in [4.78, 5) is 43.1. The molecule has 6 atom stereocenters. The molecule has 0 aliphatic heterocycles. The van der Waals surface area contributed by atoms with Gasteiger partial charge in [-0.1, -0.05) is 81.8 Å². The molecule has 1 N–H and O–H groups in total. The summed E-state index contributed by atoms with van der Waals surface area (Å²) in [6.07, 6.45) is 15.8. The third kappa shape index (κ3) is 7.39. The van der Waals surface area contributed by atoms with Gasteiger partial charge in [0.05, 0.1) is 12.8 Å². The van der Waals surface area contributed by atoms with Crippen LogP contribution in [0.4, 0.5) is 0 Å². The molecule has 2 saturated carbocycles. The number of carboxylic acids is 1. The van der Waals surface area contributed by atoms with E-state index in [1.807, 2.05) is 62.6 Å². The quantitative estimate of drug-likeness (QED) is 0.207. The van der Waals surface area contributed by atoms with Crippen LogP contribution in [0.3, 0.4) is 0 Å². The Labute approximate surface area is 280 Å². The van der Waals surface area contributed by atoms with Crippen molar-refractivity contribution >= 4 is 23.4 Å². The fourth-order valence-corrected chi connectivity index (χ4v) is 9.20. The molecule has 1 aromatic heterocycles. The smallest absolute Gasteiger partial charge is 0.306 e. The first-order valence-electron chi connectivity index (χ1n) is 17.7. The Bertz CT molecular complexity index is 1470. The average Bonchev–Trinajstić information content (AvgIpc) is 3.44. The lowest BCUT2D eigenvalue weighted by molar-refractivity contribution is -0.153. The molecule has 4 aliphatic rings. The fraction of sp³-hybridized carbons (Fsp3) is 0.550. The molecule has 5 unspecified atom stereocenters. The van der Waals surface area contributed by atoms with Gasteiger partial charge in [0.2, 0.25) is 5.91 Å². The van der Waals surface area contributed by atoms with Crippen molar-refractivity contribution in [1.82, 2.24) is 9.88 Å². The van der Waals surface area contributed by atoms with Gasteiger partial charge in [-0.3, -0.25) is 19.4 Å². The molecular formula is C40H52N2O5. The van der Waals surface area contributed by atoms with E-state index in [1.54, 1.807) is 0 Å². The van der Waals surface area contributed by atoms with E-state index in [9.17, 15) is 14.4 Å². The molecule has 1 aromatic carbocycles. The van der Waals surface area contributed by atoms with Crippen molar-refractivity contribution in [3.05, 3.63) is 83.7 Å². The van der Waals surface area contributed by atoms with E-state index in [2.05, 4.69) is 37.0 Å². The third-order valence-corrected chi connectivity index (χ3v) is 11.6. The van der Waals surface area contributed by atoms with Gasteiger partial charge in [-0.2, -0.15) is 0 Å². The van der Waals surface area contributed by atoms with E-state index >= 15 is 0 Å². The van der Waals surface area contributed by atoms with Crippen LogP contribution in [-0.2, 0) is 25.7 Å². The van der Waals surface area contributed by atoms with E-state index in [4.69, 9.17) is 9.84 Å². The number of amides is 1. The van der Waals surface area contributed by atoms with Crippen LogP contribution in [0.15, 0.2) is 72.6 Å². The molecule has 4 aliphatic carbocycles. The number of fused-ring (bicyclic) bond motifs is 5. The summed E-state index contributed by atoms with van der Waals surface area (Å²) in [7, 11) is 0. The zero-order valence-electron chi connectivity index (χ0n) is 28.6. The van der Waals surface area contributed by atoms with Crippen LogP contribution in [0.1, 0.15) is 103 Å². The number of aromatic nitrogens is 1. The molecule has 6 rings (SSSR count). The zero-order valence-corrected chi connectivity index (χ0v) is 28.6. The standard InChI is InChI=1S/C38H46N2O5.C2H6/c1-37-19-16-29(45-36(44)15-14-34(41)40(22-18-35(42)43)25-26-7-4-3-5-8-26)23-28(37)10-11-30-32-13-12-31(27-9-6-21-39-24-27)38(32,2)20-17-33(30)37;1-2/h3-10,12,21,24,29-30,32-33H,11,13-20,22-23,25H2,1-2H3,(H,42,43);1-2H3/t29?,30?,32?,33-,37?,38?;/m0./s1. The van der Waals surface area contributed by atoms with Crippen molar-refractivity contribution in [2.45, 2.75) is 105 Å². The maximum absolute atomic E-state index is 13.0. The summed E-state index contributed by atoms with van der Waals surface area (Å²) in [5.74, 6) is 0.417. The van der Waals surface area contributed by atoms with Gasteiger partial charge in [0.25, 0.3) is 0 Å². The van der Waals surface area contributed by atoms with Crippen molar-refractivity contribution in [2.75, 3.05) is 6.54 Å². The minimum Gasteiger partial charge on any atom is -0.481 e. The number of esters is 1. The maximum Gasteiger partial charge on any atom is 0.306 e. The molecule has 2 fully saturated rings. The number of aliphatic carboxylic acids is 1. The Balaban J connectivity index is 0.00000213. The molecule has 0 saturated heterocycles. The lowest BCUT2D eigenvalue weighted by Gasteiger charge is -2.57. The molecule has 1 heterocycles. The predicted octanol–water partition coefficient (Wildman–Crippen LogP) is 8.26. The van der Waals surface area contributed by atoms with E-state index < -0.39 is 5.97 Å². The average molecular weight is 641 g/mol. The molecule has 2 aromatic rings. The summed E-state index contributed by atoms with van der Waals surface area (Å²) in [6, 6.07) is 13.7. The van der Waals surface area contributed by atoms with Crippen molar-refractivity contribution < 1.29 is 24.2 Å². The van der Waals surface area contributed by atoms with Crippen LogP contribution in [0.5, 0.6) is 0 Å². The first-order valence-corrected chi connectivity index (χ1v) is 17.7. The molecule has 1 amide bonds. The van der Waals surface area contributed by atoms with Crippen molar-refractivity contribution in [3.63, 3.8) is 0 Å². The van der Waals surface area contributed by atoms with Crippen LogP contribution in [-0.4, -0.2) is 45.5 Å². The molecule has 7 nitrogen and oxygen atoms in total. The lowest BCUT2D eigenvalue weighted by Crippen LogP contribution is -2.50. The number of pyridine rings is 1. The van der Waals surface area contributed by atoms with Gasteiger partial charge >= 0.3 is 11.9 Å². The largest absolute Gasteiger partial charge is 0.481 e. The van der Waals surface area contributed by atoms with Crippen molar-refractivity contribution in [2.24, 2.45) is 28.6 Å². The zero-order chi connectivity index (χ0) is 33.6. The first kappa shape index (κ1) is 34.6. The Morgan fingerprint density at radius 1 is 0.915 bits per heavy atom. The number of carboxylic acid groups (broad SMARTS) is 1. The number of benzene rings is 1. The SMILES string of the molecule is CC.CC12CC[C@H]3C(CC=C4CC(OC(=O)CCC(=O)N(CCC(=O)O)Cc5ccccc5)CCC43C)C1CC=C2c1cccnc1. The fourth-order valence-electron chi connectivity index (χ4n) is 9.20. The van der Waals surface area contributed by atoms with Crippen LogP contribution < -0.4 is 0 Å². The molecular weight excluding hydrogens is 588 g/mol. The van der Waals surface area contributed by atoms with Crippen LogP contribution >= 0.6 is 0 Å². The van der Waals surface area contributed by atoms with Gasteiger partial charge in [0.1, 0.15) is 6.10 Å². The molecule has 0 bridgehead atoms. The number of ether oxygens (including phenoxy) is 1. The number of carbonyl (C=O) groups excluding carboxylic acids is 2. The summed E-state index contributed by atoms with van der Waals surface area (Å²) in [6.45, 7) is 9.37. The second-order valence-corrected chi connectivity index (χ2v) is 14.1. The van der Waals surface area contributed by atoms with Gasteiger partial charge in [0, 0.05) is 38.3 Å². The minimum absolute atomic E-state index is 0.00123. The minimum atomic E-state index is -0.954. The summed E-state index contributed by atoms with van der Waals surface area (Å²) in [5.41, 5.74) is 5.47. The molecule has 252 valence electrons. The third-order valence-electron chi connectivity index (χ3n) is 11.6. The molecule has 47 heavy (non-hydrogen) atoms. The van der Waals surface area contributed by atoms with E-state index in [1.165, 1.54) is 34.5 Å². The van der Waals surface area contributed by atoms with Crippen molar-refractivity contribution in [3.8, 4) is 0 Å². The highest BCUT2D eigenvalue weighted by Gasteiger charge is 2.57. The van der Waals surface area contributed by atoms with Crippen LogP contribution in [0.25, 0.3) is 5.57 Å². The number of rotatable bonds is 10. The van der Waals surface area contributed by atoms with Crippen molar-refractivity contribution in [1.29, 1.82) is 0 Å². The van der Waals surface area contributed by atoms with Gasteiger partial charge in [-0.25, -0.2) is 0 Å². The normalized spacial score (nSPS) is 29.0. The topological polar surface area (TPSA) is 96.8 Å². The first-order chi connectivity index (χ1) is 22.7. The second kappa shape index (κ2) is 15.0. The van der Waals surface area contributed by atoms with E-state index in [-0.39, 0.29) is 54.6 Å². The van der Waals surface area contributed by atoms with Gasteiger partial charge in [0.15, 0.2) is 0 Å².